The van der Waals surface area contributed by atoms with Crippen molar-refractivity contribution in [3.05, 3.63) is 89.4 Å². The monoisotopic (exact) mass is 346 g/mol. The van der Waals surface area contributed by atoms with Crippen molar-refractivity contribution in [2.45, 2.75) is 13.0 Å². The van der Waals surface area contributed by atoms with E-state index in [1.165, 1.54) is 6.26 Å². The van der Waals surface area contributed by atoms with Gasteiger partial charge in [-0.1, -0.05) is 48.0 Å². The quantitative estimate of drug-likeness (QED) is 0.768. The van der Waals surface area contributed by atoms with Gasteiger partial charge in [0.2, 0.25) is 5.91 Å². The van der Waals surface area contributed by atoms with Gasteiger partial charge in [0.05, 0.1) is 12.3 Å². The SMILES string of the molecule is Cc1ccc2c(c1)C(c1ccccc1)N(C(=O)c1ccco1)CC(=O)N2. The Hall–Kier alpha value is -3.34. The second-order valence-electron chi connectivity index (χ2n) is 6.36. The molecule has 2 aromatic carbocycles. The predicted octanol–water partition coefficient (Wildman–Crippen LogP) is 3.77. The van der Waals surface area contributed by atoms with Gasteiger partial charge < -0.3 is 14.6 Å². The Morgan fingerprint density at radius 2 is 1.92 bits per heavy atom. The lowest BCUT2D eigenvalue weighted by molar-refractivity contribution is -0.117. The van der Waals surface area contributed by atoms with Gasteiger partial charge in [0.25, 0.3) is 5.91 Å². The van der Waals surface area contributed by atoms with Crippen molar-refractivity contribution in [1.29, 1.82) is 0 Å². The fourth-order valence-corrected chi connectivity index (χ4v) is 3.35. The summed E-state index contributed by atoms with van der Waals surface area (Å²) < 4.78 is 5.30. The van der Waals surface area contributed by atoms with Gasteiger partial charge in [0, 0.05) is 11.3 Å². The average Bonchev–Trinajstić information content (AvgIpc) is 3.13. The smallest absolute Gasteiger partial charge is 0.290 e. The molecule has 0 fully saturated rings. The van der Waals surface area contributed by atoms with Crippen LogP contribution in [0.1, 0.15) is 33.3 Å². The molecular formula is C21H18N2O3. The van der Waals surface area contributed by atoms with E-state index in [0.717, 1.165) is 22.4 Å². The number of hydrogen-bond donors (Lipinski definition) is 1. The molecule has 1 N–H and O–H groups in total. The van der Waals surface area contributed by atoms with Crippen molar-refractivity contribution in [2.75, 3.05) is 11.9 Å². The molecule has 3 aromatic rings. The van der Waals surface area contributed by atoms with Crippen LogP contribution in [-0.4, -0.2) is 23.3 Å². The summed E-state index contributed by atoms with van der Waals surface area (Å²) in [5.41, 5.74) is 3.62. The molecule has 1 aliphatic heterocycles. The molecule has 1 unspecified atom stereocenters. The van der Waals surface area contributed by atoms with Crippen LogP contribution in [0.4, 0.5) is 5.69 Å². The molecule has 26 heavy (non-hydrogen) atoms. The number of furan rings is 1. The highest BCUT2D eigenvalue weighted by molar-refractivity contribution is 6.00. The van der Waals surface area contributed by atoms with Gasteiger partial charge in [-0.25, -0.2) is 0 Å². The van der Waals surface area contributed by atoms with Gasteiger partial charge in [-0.05, 0) is 30.7 Å². The molecule has 2 heterocycles. The zero-order valence-electron chi connectivity index (χ0n) is 14.3. The lowest BCUT2D eigenvalue weighted by Crippen LogP contribution is -2.38. The fourth-order valence-electron chi connectivity index (χ4n) is 3.35. The summed E-state index contributed by atoms with van der Waals surface area (Å²) in [6.45, 7) is 1.94. The first-order valence-electron chi connectivity index (χ1n) is 8.43. The fraction of sp³-hybridized carbons (Fsp3) is 0.143. The summed E-state index contributed by atoms with van der Waals surface area (Å²) in [5, 5.41) is 2.92. The number of amides is 2. The van der Waals surface area contributed by atoms with E-state index in [0.29, 0.717) is 0 Å². The number of nitrogens with zero attached hydrogens (tertiary/aromatic N) is 1. The zero-order valence-corrected chi connectivity index (χ0v) is 14.3. The van der Waals surface area contributed by atoms with Crippen LogP contribution in [0.25, 0.3) is 0 Å². The Bertz CT molecular complexity index is 949. The molecule has 1 aromatic heterocycles. The van der Waals surface area contributed by atoms with Gasteiger partial charge in [-0.15, -0.1) is 0 Å². The third kappa shape index (κ3) is 2.88. The first-order valence-corrected chi connectivity index (χ1v) is 8.43. The summed E-state index contributed by atoms with van der Waals surface area (Å²) in [7, 11) is 0. The second-order valence-corrected chi connectivity index (χ2v) is 6.36. The largest absolute Gasteiger partial charge is 0.459 e. The van der Waals surface area contributed by atoms with Crippen LogP contribution in [0.3, 0.4) is 0 Å². The number of hydrogen-bond acceptors (Lipinski definition) is 3. The maximum absolute atomic E-state index is 13.1. The lowest BCUT2D eigenvalue weighted by Gasteiger charge is -2.30. The number of rotatable bonds is 2. The second kappa shape index (κ2) is 6.52. The van der Waals surface area contributed by atoms with E-state index >= 15 is 0 Å². The third-order valence-corrected chi connectivity index (χ3v) is 4.51. The van der Waals surface area contributed by atoms with Gasteiger partial charge in [0.1, 0.15) is 6.54 Å². The number of benzene rings is 2. The third-order valence-electron chi connectivity index (χ3n) is 4.51. The summed E-state index contributed by atoms with van der Waals surface area (Å²) in [4.78, 5) is 27.1. The van der Waals surface area contributed by atoms with Crippen molar-refractivity contribution in [3.8, 4) is 0 Å². The zero-order chi connectivity index (χ0) is 18.1. The van der Waals surface area contributed by atoms with E-state index in [1.54, 1.807) is 17.0 Å². The number of aryl methyl sites for hydroxylation is 1. The van der Waals surface area contributed by atoms with Crippen LogP contribution in [0, 0.1) is 6.92 Å². The van der Waals surface area contributed by atoms with E-state index in [4.69, 9.17) is 4.42 Å². The molecule has 130 valence electrons. The minimum Gasteiger partial charge on any atom is -0.459 e. The topological polar surface area (TPSA) is 62.6 Å². The van der Waals surface area contributed by atoms with Gasteiger partial charge >= 0.3 is 0 Å². The minimum absolute atomic E-state index is 0.0488. The molecule has 0 spiro atoms. The van der Waals surface area contributed by atoms with E-state index in [2.05, 4.69) is 5.32 Å². The van der Waals surface area contributed by atoms with Gasteiger partial charge in [-0.2, -0.15) is 0 Å². The van der Waals surface area contributed by atoms with Crippen LogP contribution < -0.4 is 5.32 Å². The number of nitrogens with one attached hydrogen (secondary N) is 1. The van der Waals surface area contributed by atoms with Crippen LogP contribution in [0.2, 0.25) is 0 Å². The van der Waals surface area contributed by atoms with E-state index in [-0.39, 0.29) is 30.2 Å². The van der Waals surface area contributed by atoms with Crippen LogP contribution in [-0.2, 0) is 4.79 Å². The van der Waals surface area contributed by atoms with Crippen molar-refractivity contribution in [2.24, 2.45) is 0 Å². The molecular weight excluding hydrogens is 328 g/mol. The Morgan fingerprint density at radius 1 is 1.12 bits per heavy atom. The molecule has 2 amide bonds. The van der Waals surface area contributed by atoms with Crippen LogP contribution >= 0.6 is 0 Å². The first-order chi connectivity index (χ1) is 12.6. The molecule has 4 rings (SSSR count). The maximum Gasteiger partial charge on any atom is 0.290 e. The number of anilines is 1. The number of carbonyl (C=O) groups excluding carboxylic acids is 2. The number of fused-ring (bicyclic) bond motifs is 1. The molecule has 0 bridgehead atoms. The Labute approximate surface area is 151 Å². The Morgan fingerprint density at radius 3 is 2.65 bits per heavy atom. The Kier molecular flexibility index (Phi) is 4.05. The predicted molar refractivity (Wildman–Crippen MR) is 97.8 cm³/mol. The Balaban J connectivity index is 1.90. The normalized spacial score (nSPS) is 16.6. The summed E-state index contributed by atoms with van der Waals surface area (Å²) in [6, 6.07) is 18.5. The molecule has 5 heteroatoms. The van der Waals surface area contributed by atoms with Gasteiger partial charge in [0.15, 0.2) is 5.76 Å². The summed E-state index contributed by atoms with van der Waals surface area (Å²) >= 11 is 0. The molecule has 5 nitrogen and oxygen atoms in total. The van der Waals surface area contributed by atoms with Crippen molar-refractivity contribution < 1.29 is 14.0 Å². The molecule has 0 radical (unpaired) electrons. The molecule has 1 aliphatic rings. The summed E-state index contributed by atoms with van der Waals surface area (Å²) in [6.07, 6.45) is 1.46. The van der Waals surface area contributed by atoms with Crippen molar-refractivity contribution >= 4 is 17.5 Å². The van der Waals surface area contributed by atoms with Crippen LogP contribution in [0.5, 0.6) is 0 Å². The molecule has 0 saturated carbocycles. The molecule has 0 saturated heterocycles. The highest BCUT2D eigenvalue weighted by atomic mass is 16.3. The summed E-state index contributed by atoms with van der Waals surface area (Å²) in [5.74, 6) is -0.323. The average molecular weight is 346 g/mol. The van der Waals surface area contributed by atoms with Crippen molar-refractivity contribution in [3.63, 3.8) is 0 Å². The van der Waals surface area contributed by atoms with E-state index in [9.17, 15) is 9.59 Å². The van der Waals surface area contributed by atoms with E-state index in [1.807, 2.05) is 55.5 Å². The minimum atomic E-state index is -0.386. The lowest BCUT2D eigenvalue weighted by atomic mass is 9.94. The van der Waals surface area contributed by atoms with Crippen molar-refractivity contribution in [1.82, 2.24) is 4.90 Å². The standard InChI is InChI=1S/C21H18N2O3/c1-14-9-10-17-16(12-14)20(15-6-3-2-4-7-15)23(13-19(24)22-17)21(25)18-8-5-11-26-18/h2-12,20H,13H2,1H3,(H,22,24). The highest BCUT2D eigenvalue weighted by Gasteiger charge is 2.34. The van der Waals surface area contributed by atoms with E-state index < -0.39 is 0 Å². The number of carbonyl (C=O) groups is 2. The highest BCUT2D eigenvalue weighted by Crippen LogP contribution is 2.37. The molecule has 0 aliphatic carbocycles. The maximum atomic E-state index is 13.1. The molecule has 1 atom stereocenters. The first kappa shape index (κ1) is 16.1. The van der Waals surface area contributed by atoms with Crippen LogP contribution in [0.15, 0.2) is 71.3 Å². The van der Waals surface area contributed by atoms with Gasteiger partial charge in [-0.3, -0.25) is 9.59 Å².